The Balaban J connectivity index is 1.76. The van der Waals surface area contributed by atoms with Crippen molar-refractivity contribution in [3.05, 3.63) is 70.0 Å². The van der Waals surface area contributed by atoms with Crippen molar-refractivity contribution in [2.24, 2.45) is 0 Å². The van der Waals surface area contributed by atoms with Crippen molar-refractivity contribution >= 4 is 28.5 Å². The zero-order chi connectivity index (χ0) is 24.7. The molecule has 0 aliphatic rings. The lowest BCUT2D eigenvalue weighted by molar-refractivity contribution is 0.0466. The lowest BCUT2D eigenvalue weighted by Gasteiger charge is -2.17. The largest absolute Gasteiger partial charge is 0.506 e. The van der Waals surface area contributed by atoms with Gasteiger partial charge in [-0.25, -0.2) is 4.79 Å². The average molecular weight is 466 g/mol. The Morgan fingerprint density at radius 2 is 1.71 bits per heavy atom. The van der Waals surface area contributed by atoms with Crippen LogP contribution in [0.15, 0.2) is 53.3 Å². The Labute approximate surface area is 198 Å². The van der Waals surface area contributed by atoms with E-state index in [2.05, 4.69) is 24.1 Å². The SMILES string of the molecule is CCCn1c(=O)c(C(=O)Nc2ccc(C(=O)OCCN(CC)CC)cc2)c(O)c2ccccc21. The summed E-state index contributed by atoms with van der Waals surface area (Å²) in [4.78, 5) is 40.4. The van der Waals surface area contributed by atoms with Gasteiger partial charge in [0.15, 0.2) is 0 Å². The van der Waals surface area contributed by atoms with E-state index in [9.17, 15) is 19.5 Å². The summed E-state index contributed by atoms with van der Waals surface area (Å²) in [7, 11) is 0. The van der Waals surface area contributed by atoms with Crippen LogP contribution in [-0.4, -0.2) is 52.7 Å². The molecule has 0 bridgehead atoms. The molecule has 1 heterocycles. The number of fused-ring (bicyclic) bond motifs is 1. The van der Waals surface area contributed by atoms with E-state index in [1.165, 1.54) is 4.57 Å². The number of pyridine rings is 1. The molecule has 0 fully saturated rings. The van der Waals surface area contributed by atoms with Crippen molar-refractivity contribution in [1.82, 2.24) is 9.47 Å². The van der Waals surface area contributed by atoms with E-state index < -0.39 is 17.4 Å². The second kappa shape index (κ2) is 11.5. The van der Waals surface area contributed by atoms with Gasteiger partial charge in [0, 0.05) is 24.2 Å². The van der Waals surface area contributed by atoms with Crippen LogP contribution in [0.25, 0.3) is 10.9 Å². The fraction of sp³-hybridized carbons (Fsp3) is 0.346. The molecular weight excluding hydrogens is 434 g/mol. The van der Waals surface area contributed by atoms with E-state index >= 15 is 0 Å². The number of aryl methyl sites for hydroxylation is 1. The molecule has 8 nitrogen and oxygen atoms in total. The monoisotopic (exact) mass is 465 g/mol. The molecule has 3 aromatic rings. The number of aromatic nitrogens is 1. The quantitative estimate of drug-likeness (QED) is 0.441. The van der Waals surface area contributed by atoms with Crippen molar-refractivity contribution in [2.45, 2.75) is 33.7 Å². The standard InChI is InChI=1S/C26H31N3O5/c1-4-15-29-21-10-8-7-9-20(21)23(30)22(25(29)32)24(31)27-19-13-11-18(12-14-19)26(33)34-17-16-28(5-2)6-3/h7-14,30H,4-6,15-17H2,1-3H3,(H,27,31). The van der Waals surface area contributed by atoms with Crippen molar-refractivity contribution in [3.8, 4) is 5.75 Å². The number of rotatable bonds is 10. The first-order chi connectivity index (χ1) is 16.4. The minimum absolute atomic E-state index is 0.296. The first kappa shape index (κ1) is 25.0. The first-order valence-corrected chi connectivity index (χ1v) is 11.6. The number of amides is 1. The lowest BCUT2D eigenvalue weighted by Crippen LogP contribution is -2.29. The lowest BCUT2D eigenvalue weighted by atomic mass is 10.1. The highest BCUT2D eigenvalue weighted by molar-refractivity contribution is 6.09. The number of nitrogens with one attached hydrogen (secondary N) is 1. The van der Waals surface area contributed by atoms with E-state index in [1.54, 1.807) is 48.5 Å². The molecule has 0 saturated heterocycles. The van der Waals surface area contributed by atoms with Gasteiger partial charge in [-0.1, -0.05) is 32.9 Å². The van der Waals surface area contributed by atoms with Crippen molar-refractivity contribution in [2.75, 3.05) is 31.6 Å². The van der Waals surface area contributed by atoms with Gasteiger partial charge in [0.05, 0.1) is 11.1 Å². The van der Waals surface area contributed by atoms with Crippen LogP contribution in [-0.2, 0) is 11.3 Å². The highest BCUT2D eigenvalue weighted by atomic mass is 16.5. The molecule has 2 aromatic carbocycles. The Bertz CT molecular complexity index is 1210. The topological polar surface area (TPSA) is 101 Å². The Kier molecular flexibility index (Phi) is 8.43. The van der Waals surface area contributed by atoms with E-state index in [0.717, 1.165) is 13.1 Å². The number of carbonyl (C=O) groups is 2. The molecule has 1 aromatic heterocycles. The van der Waals surface area contributed by atoms with E-state index in [1.807, 2.05) is 6.92 Å². The number of anilines is 1. The maximum atomic E-state index is 13.0. The van der Waals surface area contributed by atoms with Gasteiger partial charge in [-0.2, -0.15) is 0 Å². The van der Waals surface area contributed by atoms with E-state index in [-0.39, 0.29) is 11.3 Å². The smallest absolute Gasteiger partial charge is 0.338 e. The van der Waals surface area contributed by atoms with Crippen LogP contribution in [0.2, 0.25) is 0 Å². The number of para-hydroxylation sites is 1. The van der Waals surface area contributed by atoms with Gasteiger partial charge >= 0.3 is 5.97 Å². The molecule has 0 saturated carbocycles. The van der Waals surface area contributed by atoms with Gasteiger partial charge in [-0.15, -0.1) is 0 Å². The van der Waals surface area contributed by atoms with Gasteiger partial charge in [0.2, 0.25) is 0 Å². The molecule has 8 heteroatoms. The van der Waals surface area contributed by atoms with Crippen LogP contribution in [0.4, 0.5) is 5.69 Å². The summed E-state index contributed by atoms with van der Waals surface area (Å²) < 4.78 is 6.82. The zero-order valence-electron chi connectivity index (χ0n) is 19.8. The summed E-state index contributed by atoms with van der Waals surface area (Å²) in [6.45, 7) is 9.19. The number of hydrogen-bond donors (Lipinski definition) is 2. The number of ether oxygens (including phenoxy) is 1. The van der Waals surface area contributed by atoms with Crippen molar-refractivity contribution in [1.29, 1.82) is 0 Å². The number of likely N-dealkylation sites (N-methyl/N-ethyl adjacent to an activating group) is 1. The summed E-state index contributed by atoms with van der Waals surface area (Å²) in [6.07, 6.45) is 0.697. The summed E-state index contributed by atoms with van der Waals surface area (Å²) in [5, 5.41) is 13.8. The molecule has 0 spiro atoms. The Hall–Kier alpha value is -3.65. The summed E-state index contributed by atoms with van der Waals surface area (Å²) in [5.41, 5.74) is 0.457. The Morgan fingerprint density at radius 1 is 1.03 bits per heavy atom. The average Bonchev–Trinajstić information content (AvgIpc) is 2.85. The van der Waals surface area contributed by atoms with E-state index in [4.69, 9.17) is 4.74 Å². The fourth-order valence-electron chi connectivity index (χ4n) is 3.81. The third-order valence-corrected chi connectivity index (χ3v) is 5.73. The van der Waals surface area contributed by atoms with E-state index in [0.29, 0.717) is 48.3 Å². The summed E-state index contributed by atoms with van der Waals surface area (Å²) in [6, 6.07) is 13.1. The Morgan fingerprint density at radius 3 is 2.35 bits per heavy atom. The molecule has 0 aliphatic heterocycles. The minimum atomic E-state index is -0.715. The molecule has 0 atom stereocenters. The second-order valence-corrected chi connectivity index (χ2v) is 7.89. The summed E-state index contributed by atoms with van der Waals surface area (Å²) in [5.74, 6) is -1.51. The van der Waals surface area contributed by atoms with Crippen molar-refractivity contribution < 1.29 is 19.4 Å². The molecular formula is C26H31N3O5. The predicted molar refractivity (Wildman–Crippen MR) is 133 cm³/mol. The second-order valence-electron chi connectivity index (χ2n) is 7.89. The number of hydrogen-bond acceptors (Lipinski definition) is 6. The first-order valence-electron chi connectivity index (χ1n) is 11.6. The third kappa shape index (κ3) is 5.46. The van der Waals surface area contributed by atoms with Crippen molar-refractivity contribution in [3.63, 3.8) is 0 Å². The maximum Gasteiger partial charge on any atom is 0.338 e. The molecule has 0 aliphatic carbocycles. The maximum absolute atomic E-state index is 13.0. The zero-order valence-corrected chi connectivity index (χ0v) is 19.8. The highest BCUT2D eigenvalue weighted by Crippen LogP contribution is 2.27. The number of aromatic hydroxyl groups is 1. The number of esters is 1. The van der Waals surface area contributed by atoms with Crippen LogP contribution >= 0.6 is 0 Å². The number of nitrogens with zero attached hydrogens (tertiary/aromatic N) is 2. The molecule has 0 radical (unpaired) electrons. The molecule has 0 unspecified atom stereocenters. The fourth-order valence-corrected chi connectivity index (χ4v) is 3.81. The number of carbonyl (C=O) groups excluding carboxylic acids is 2. The van der Waals surface area contributed by atoms with Gasteiger partial charge in [-0.05, 0) is 55.9 Å². The van der Waals surface area contributed by atoms with Gasteiger partial charge in [0.1, 0.15) is 17.9 Å². The van der Waals surface area contributed by atoms with Crippen LogP contribution in [0, 0.1) is 0 Å². The molecule has 2 N–H and O–H groups in total. The molecule has 180 valence electrons. The normalized spacial score (nSPS) is 11.1. The van der Waals surface area contributed by atoms with Crippen LogP contribution in [0.5, 0.6) is 5.75 Å². The van der Waals surface area contributed by atoms with Gasteiger partial charge in [0.25, 0.3) is 11.5 Å². The van der Waals surface area contributed by atoms with Gasteiger partial charge in [-0.3, -0.25) is 9.59 Å². The van der Waals surface area contributed by atoms with Gasteiger partial charge < -0.3 is 24.6 Å². The number of benzene rings is 2. The third-order valence-electron chi connectivity index (χ3n) is 5.73. The van der Waals surface area contributed by atoms with Crippen LogP contribution < -0.4 is 10.9 Å². The molecule has 3 rings (SSSR count). The van der Waals surface area contributed by atoms with Crippen LogP contribution in [0.3, 0.4) is 0 Å². The molecule has 1 amide bonds. The predicted octanol–water partition coefficient (Wildman–Crippen LogP) is 3.87. The minimum Gasteiger partial charge on any atom is -0.506 e. The summed E-state index contributed by atoms with van der Waals surface area (Å²) >= 11 is 0. The molecule has 34 heavy (non-hydrogen) atoms. The van der Waals surface area contributed by atoms with Crippen LogP contribution in [0.1, 0.15) is 47.9 Å². The highest BCUT2D eigenvalue weighted by Gasteiger charge is 2.22.